The summed E-state index contributed by atoms with van der Waals surface area (Å²) in [7, 11) is 1.76. The Hall–Kier alpha value is -1.51. The molecule has 164 valence electrons. The Kier molecular flexibility index (Phi) is 12.7. The van der Waals surface area contributed by atoms with E-state index in [0.717, 1.165) is 49.6 Å². The number of nitrogens with one attached hydrogen (secondary N) is 3. The molecule has 29 heavy (non-hydrogen) atoms. The molecule has 1 fully saturated rings. The van der Waals surface area contributed by atoms with Gasteiger partial charge in [-0.2, -0.15) is 0 Å². The molecule has 0 spiro atoms. The first-order chi connectivity index (χ1) is 13.6. The van der Waals surface area contributed by atoms with Gasteiger partial charge in [-0.05, 0) is 44.2 Å². The molecule has 7 heteroatoms. The van der Waals surface area contributed by atoms with Crippen molar-refractivity contribution in [3.63, 3.8) is 0 Å². The van der Waals surface area contributed by atoms with Gasteiger partial charge in [-0.15, -0.1) is 24.0 Å². The quantitative estimate of drug-likeness (QED) is 0.171. The fourth-order valence-corrected chi connectivity index (χ4v) is 2.86. The van der Waals surface area contributed by atoms with Crippen LogP contribution in [0.2, 0.25) is 0 Å². The molecule has 1 aliphatic carbocycles. The molecule has 0 bridgehead atoms. The molecular weight excluding hydrogens is 479 g/mol. The predicted octanol–water partition coefficient (Wildman–Crippen LogP) is 3.91. The maximum atomic E-state index is 11.7. The van der Waals surface area contributed by atoms with Crippen LogP contribution in [0, 0.1) is 6.92 Å². The van der Waals surface area contributed by atoms with Crippen LogP contribution in [-0.2, 0) is 11.3 Å². The number of benzene rings is 1. The fourth-order valence-electron chi connectivity index (χ4n) is 2.86. The highest BCUT2D eigenvalue weighted by molar-refractivity contribution is 14.0. The Morgan fingerprint density at radius 3 is 2.69 bits per heavy atom. The number of carbonyl (C=O) groups is 1. The summed E-state index contributed by atoms with van der Waals surface area (Å²) in [4.78, 5) is 16.0. The van der Waals surface area contributed by atoms with Gasteiger partial charge in [0.15, 0.2) is 5.96 Å². The van der Waals surface area contributed by atoms with Crippen LogP contribution >= 0.6 is 24.0 Å². The van der Waals surface area contributed by atoms with Gasteiger partial charge in [0.25, 0.3) is 0 Å². The van der Waals surface area contributed by atoms with E-state index in [4.69, 9.17) is 4.74 Å². The van der Waals surface area contributed by atoms with Crippen molar-refractivity contribution in [2.45, 2.75) is 71.4 Å². The highest BCUT2D eigenvalue weighted by atomic mass is 127. The van der Waals surface area contributed by atoms with Crippen LogP contribution in [0.25, 0.3) is 0 Å². The van der Waals surface area contributed by atoms with Gasteiger partial charge < -0.3 is 20.7 Å². The zero-order valence-electron chi connectivity index (χ0n) is 18.1. The Morgan fingerprint density at radius 2 is 2.00 bits per heavy atom. The van der Waals surface area contributed by atoms with Crippen molar-refractivity contribution in [1.82, 2.24) is 16.0 Å². The number of hydrogen-bond acceptors (Lipinski definition) is 3. The minimum absolute atomic E-state index is 0. The molecule has 1 aromatic carbocycles. The smallest absolute Gasteiger partial charge is 0.220 e. The maximum Gasteiger partial charge on any atom is 0.220 e. The van der Waals surface area contributed by atoms with Crippen LogP contribution in [0.3, 0.4) is 0 Å². The van der Waals surface area contributed by atoms with E-state index < -0.39 is 0 Å². The molecule has 0 atom stereocenters. The molecule has 6 nitrogen and oxygen atoms in total. The average Bonchev–Trinajstić information content (AvgIpc) is 3.49. The van der Waals surface area contributed by atoms with E-state index in [1.54, 1.807) is 7.05 Å². The van der Waals surface area contributed by atoms with Crippen LogP contribution in [0.5, 0.6) is 5.75 Å². The molecule has 1 aliphatic rings. The second-order valence-electron chi connectivity index (χ2n) is 7.46. The van der Waals surface area contributed by atoms with Gasteiger partial charge in [-0.1, -0.05) is 31.9 Å². The van der Waals surface area contributed by atoms with E-state index in [0.29, 0.717) is 25.6 Å². The van der Waals surface area contributed by atoms with Crippen LogP contribution in [0.15, 0.2) is 23.2 Å². The molecule has 1 saturated carbocycles. The standard InChI is InChI=1S/C22H36N4O2.HI/c1-4-5-6-14-28-20-15-17(2)9-10-18(20)16-25-22(23-3)24-13-7-8-21(27)26-19-11-12-19;/h9-10,15,19H,4-8,11-14,16H2,1-3H3,(H,26,27)(H2,23,24,25);1H. The lowest BCUT2D eigenvalue weighted by Crippen LogP contribution is -2.37. The Bertz CT molecular complexity index is 648. The molecule has 1 aromatic rings. The average molecular weight is 516 g/mol. The van der Waals surface area contributed by atoms with Gasteiger partial charge >= 0.3 is 0 Å². The number of ether oxygens (including phenoxy) is 1. The number of unbranched alkanes of at least 4 members (excludes halogenated alkanes) is 2. The lowest BCUT2D eigenvalue weighted by Gasteiger charge is -2.15. The van der Waals surface area contributed by atoms with E-state index in [1.807, 2.05) is 0 Å². The summed E-state index contributed by atoms with van der Waals surface area (Å²) < 4.78 is 6.00. The van der Waals surface area contributed by atoms with Gasteiger partial charge in [-0.25, -0.2) is 0 Å². The minimum Gasteiger partial charge on any atom is -0.493 e. The van der Waals surface area contributed by atoms with Crippen molar-refractivity contribution in [1.29, 1.82) is 0 Å². The second kappa shape index (κ2) is 14.5. The zero-order valence-corrected chi connectivity index (χ0v) is 20.4. The largest absolute Gasteiger partial charge is 0.493 e. The summed E-state index contributed by atoms with van der Waals surface area (Å²) in [6.45, 7) is 6.38. The van der Waals surface area contributed by atoms with E-state index in [2.05, 4.69) is 53.0 Å². The Balaban J connectivity index is 0.00000420. The number of nitrogens with zero attached hydrogens (tertiary/aromatic N) is 1. The molecule has 1 amide bonds. The van der Waals surface area contributed by atoms with Crippen LogP contribution in [0.4, 0.5) is 0 Å². The molecule has 2 rings (SSSR count). The van der Waals surface area contributed by atoms with E-state index in [9.17, 15) is 4.79 Å². The molecule has 0 aromatic heterocycles. The van der Waals surface area contributed by atoms with Crippen molar-refractivity contribution in [2.24, 2.45) is 4.99 Å². The molecule has 0 saturated heterocycles. The number of amides is 1. The van der Waals surface area contributed by atoms with Gasteiger partial charge in [0.1, 0.15) is 5.75 Å². The summed E-state index contributed by atoms with van der Waals surface area (Å²) in [6, 6.07) is 6.73. The SMILES string of the molecule is CCCCCOc1cc(C)ccc1CNC(=NC)NCCCC(=O)NC1CC1.I. The van der Waals surface area contributed by atoms with Crippen LogP contribution < -0.4 is 20.7 Å². The van der Waals surface area contributed by atoms with Crippen molar-refractivity contribution >= 4 is 35.8 Å². The summed E-state index contributed by atoms with van der Waals surface area (Å²) in [6.07, 6.45) is 7.05. The minimum atomic E-state index is 0. The lowest BCUT2D eigenvalue weighted by molar-refractivity contribution is -0.121. The van der Waals surface area contributed by atoms with Gasteiger partial charge in [0.05, 0.1) is 6.61 Å². The lowest BCUT2D eigenvalue weighted by atomic mass is 10.1. The summed E-state index contributed by atoms with van der Waals surface area (Å²) in [5, 5.41) is 9.62. The van der Waals surface area contributed by atoms with Crippen molar-refractivity contribution in [3.05, 3.63) is 29.3 Å². The fraction of sp³-hybridized carbons (Fsp3) is 0.636. The summed E-state index contributed by atoms with van der Waals surface area (Å²) in [5.41, 5.74) is 2.31. The van der Waals surface area contributed by atoms with Crippen molar-refractivity contribution < 1.29 is 9.53 Å². The number of rotatable bonds is 12. The first-order valence-electron chi connectivity index (χ1n) is 10.6. The van der Waals surface area contributed by atoms with E-state index in [1.165, 1.54) is 18.4 Å². The van der Waals surface area contributed by atoms with Gasteiger partial charge in [0, 0.05) is 38.2 Å². The topological polar surface area (TPSA) is 74.8 Å². The number of halogens is 1. The molecule has 3 N–H and O–H groups in total. The first kappa shape index (κ1) is 25.5. The van der Waals surface area contributed by atoms with Gasteiger partial charge in [0.2, 0.25) is 5.91 Å². The molecular formula is C22H37IN4O2. The second-order valence-corrected chi connectivity index (χ2v) is 7.46. The van der Waals surface area contributed by atoms with Crippen molar-refractivity contribution in [2.75, 3.05) is 20.2 Å². The monoisotopic (exact) mass is 516 g/mol. The third-order valence-electron chi connectivity index (χ3n) is 4.71. The third kappa shape index (κ3) is 10.7. The third-order valence-corrected chi connectivity index (χ3v) is 4.71. The number of carbonyl (C=O) groups excluding carboxylic acids is 1. The van der Waals surface area contributed by atoms with Crippen molar-refractivity contribution in [3.8, 4) is 5.75 Å². The highest BCUT2D eigenvalue weighted by Gasteiger charge is 2.22. The summed E-state index contributed by atoms with van der Waals surface area (Å²) in [5.74, 6) is 1.83. The number of aliphatic imine (C=N–C) groups is 1. The first-order valence-corrected chi connectivity index (χ1v) is 10.6. The van der Waals surface area contributed by atoms with E-state index in [-0.39, 0.29) is 29.9 Å². The number of hydrogen-bond donors (Lipinski definition) is 3. The number of guanidine groups is 1. The molecule has 0 aliphatic heterocycles. The zero-order chi connectivity index (χ0) is 20.2. The van der Waals surface area contributed by atoms with E-state index >= 15 is 0 Å². The highest BCUT2D eigenvalue weighted by Crippen LogP contribution is 2.21. The predicted molar refractivity (Wildman–Crippen MR) is 130 cm³/mol. The molecule has 0 unspecified atom stereocenters. The van der Waals surface area contributed by atoms with Crippen LogP contribution in [-0.4, -0.2) is 38.1 Å². The van der Waals surface area contributed by atoms with Gasteiger partial charge in [-0.3, -0.25) is 9.79 Å². The summed E-state index contributed by atoms with van der Waals surface area (Å²) >= 11 is 0. The maximum absolute atomic E-state index is 11.7. The Labute approximate surface area is 192 Å². The number of aryl methyl sites for hydroxylation is 1. The molecule has 0 heterocycles. The Morgan fingerprint density at radius 1 is 1.21 bits per heavy atom. The normalized spacial score (nSPS) is 13.4. The van der Waals surface area contributed by atoms with Crippen LogP contribution in [0.1, 0.15) is 63.0 Å². The molecule has 0 radical (unpaired) electrons.